The Hall–Kier alpha value is -1.99. The molecule has 0 aromatic heterocycles. The number of aliphatic hydroxyl groups is 1. The van der Waals surface area contributed by atoms with E-state index in [1.165, 1.54) is 24.3 Å². The summed E-state index contributed by atoms with van der Waals surface area (Å²) in [6.07, 6.45) is 4.72. The first-order valence-electron chi connectivity index (χ1n) is 11.1. The van der Waals surface area contributed by atoms with Crippen LogP contribution in [-0.2, 0) is 9.53 Å². The van der Waals surface area contributed by atoms with E-state index >= 15 is 0 Å². The van der Waals surface area contributed by atoms with Gasteiger partial charge in [0.2, 0.25) is 5.91 Å². The average Bonchev–Trinajstić information content (AvgIpc) is 3.41. The zero-order valence-corrected chi connectivity index (χ0v) is 17.1. The molecule has 30 heavy (non-hydrogen) atoms. The Kier molecular flexibility index (Phi) is 5.06. The summed E-state index contributed by atoms with van der Waals surface area (Å²) in [5.41, 5.74) is 0.178. The third-order valence-corrected chi connectivity index (χ3v) is 7.75. The van der Waals surface area contributed by atoms with Crippen LogP contribution in [0.2, 0.25) is 0 Å². The smallest absolute Gasteiger partial charge is 0.251 e. The van der Waals surface area contributed by atoms with Crippen LogP contribution < -0.4 is 5.32 Å². The molecule has 3 aliphatic heterocycles. The van der Waals surface area contributed by atoms with E-state index in [4.69, 9.17) is 4.74 Å². The van der Waals surface area contributed by atoms with E-state index in [1.807, 2.05) is 4.90 Å². The Labute approximate surface area is 175 Å². The minimum Gasteiger partial charge on any atom is -0.393 e. The van der Waals surface area contributed by atoms with E-state index in [-0.39, 0.29) is 53.2 Å². The van der Waals surface area contributed by atoms with Crippen molar-refractivity contribution in [2.75, 3.05) is 19.6 Å². The molecule has 5 rings (SSSR count). The molecule has 162 valence electrons. The van der Waals surface area contributed by atoms with Crippen molar-refractivity contribution in [2.24, 2.45) is 17.8 Å². The summed E-state index contributed by atoms with van der Waals surface area (Å²) in [5, 5.41) is 12.7. The molecule has 3 heterocycles. The first-order valence-corrected chi connectivity index (χ1v) is 11.1. The molecule has 4 aliphatic rings. The van der Waals surface area contributed by atoms with E-state index in [2.05, 4.69) is 5.32 Å². The van der Waals surface area contributed by atoms with Gasteiger partial charge >= 0.3 is 0 Å². The van der Waals surface area contributed by atoms with Gasteiger partial charge in [0, 0.05) is 36.4 Å². The van der Waals surface area contributed by atoms with Crippen LogP contribution in [-0.4, -0.2) is 59.3 Å². The number of nitrogens with one attached hydrogen (secondary N) is 1. The largest absolute Gasteiger partial charge is 0.393 e. The highest BCUT2D eigenvalue weighted by Crippen LogP contribution is 2.55. The molecule has 1 aromatic carbocycles. The number of amides is 2. The third-order valence-electron chi connectivity index (χ3n) is 7.75. The van der Waals surface area contributed by atoms with Crippen molar-refractivity contribution in [3.8, 4) is 0 Å². The summed E-state index contributed by atoms with van der Waals surface area (Å²) in [5.74, 6) is 0.0676. The molecule has 1 saturated carbocycles. The van der Waals surface area contributed by atoms with Gasteiger partial charge in [-0.3, -0.25) is 9.59 Å². The van der Waals surface area contributed by atoms with Crippen LogP contribution in [0.5, 0.6) is 0 Å². The maximum Gasteiger partial charge on any atom is 0.251 e. The SMILES string of the molecule is O=C(NC[C@H]1[C@H]2CN(C(=O)C3CCC(O)CC3)C[C@]23CC[C@H]1O3)c1ccc(F)cc1. The minimum atomic E-state index is -0.363. The molecule has 0 unspecified atom stereocenters. The Morgan fingerprint density at radius 1 is 1.17 bits per heavy atom. The number of benzene rings is 1. The summed E-state index contributed by atoms with van der Waals surface area (Å²) in [6.45, 7) is 1.84. The molecule has 1 spiro atoms. The van der Waals surface area contributed by atoms with Crippen LogP contribution in [0.1, 0.15) is 48.9 Å². The van der Waals surface area contributed by atoms with Crippen molar-refractivity contribution in [2.45, 2.75) is 56.3 Å². The highest BCUT2D eigenvalue weighted by Gasteiger charge is 2.63. The van der Waals surface area contributed by atoms with Crippen molar-refractivity contribution >= 4 is 11.8 Å². The second kappa shape index (κ2) is 7.61. The Bertz CT molecular complexity index is 823. The maximum absolute atomic E-state index is 13.1. The lowest BCUT2D eigenvalue weighted by Gasteiger charge is -2.29. The standard InChI is InChI=1S/C23H29FN2O4/c24-16-5-1-14(2-6-16)21(28)25-11-18-19-12-26(13-23(19)10-9-20(18)30-23)22(29)15-3-7-17(27)8-4-15/h1-2,5-6,15,17-20,27H,3-4,7-13H2,(H,25,28)/t15?,17?,18-,19+,20+,23+/m0/s1. The summed E-state index contributed by atoms with van der Waals surface area (Å²) >= 11 is 0. The van der Waals surface area contributed by atoms with E-state index in [1.54, 1.807) is 0 Å². The predicted octanol–water partition coefficient (Wildman–Crippen LogP) is 2.11. The summed E-state index contributed by atoms with van der Waals surface area (Å²) < 4.78 is 19.5. The minimum absolute atomic E-state index is 0.0115. The monoisotopic (exact) mass is 416 g/mol. The molecular weight excluding hydrogens is 387 g/mol. The average molecular weight is 416 g/mol. The maximum atomic E-state index is 13.1. The molecule has 0 radical (unpaired) electrons. The van der Waals surface area contributed by atoms with Gasteiger partial charge in [0.1, 0.15) is 5.82 Å². The molecule has 7 heteroatoms. The number of halogens is 1. The topological polar surface area (TPSA) is 78.9 Å². The lowest BCUT2D eigenvalue weighted by Crippen LogP contribution is -2.41. The molecule has 2 bridgehead atoms. The van der Waals surface area contributed by atoms with Gasteiger partial charge in [-0.15, -0.1) is 0 Å². The number of hydrogen-bond acceptors (Lipinski definition) is 4. The molecule has 3 saturated heterocycles. The normalized spacial score (nSPS) is 37.3. The van der Waals surface area contributed by atoms with Crippen LogP contribution in [0.25, 0.3) is 0 Å². The lowest BCUT2D eigenvalue weighted by molar-refractivity contribution is -0.137. The molecule has 4 fully saturated rings. The number of rotatable bonds is 4. The molecule has 2 amide bonds. The van der Waals surface area contributed by atoms with E-state index in [0.29, 0.717) is 38.0 Å². The number of aliphatic hydroxyl groups excluding tert-OH is 1. The number of ether oxygens (including phenoxy) is 1. The highest BCUT2D eigenvalue weighted by molar-refractivity contribution is 5.94. The third kappa shape index (κ3) is 3.42. The summed E-state index contributed by atoms with van der Waals surface area (Å²) in [7, 11) is 0. The lowest BCUT2D eigenvalue weighted by atomic mass is 9.73. The molecular formula is C23H29FN2O4. The summed E-state index contributed by atoms with van der Waals surface area (Å²) in [4.78, 5) is 27.5. The fourth-order valence-electron chi connectivity index (χ4n) is 6.13. The van der Waals surface area contributed by atoms with Gasteiger partial charge in [0.25, 0.3) is 5.91 Å². The van der Waals surface area contributed by atoms with Crippen LogP contribution in [0.4, 0.5) is 4.39 Å². The van der Waals surface area contributed by atoms with Crippen LogP contribution in [0, 0.1) is 23.6 Å². The van der Waals surface area contributed by atoms with Crippen LogP contribution in [0.15, 0.2) is 24.3 Å². The number of likely N-dealkylation sites (tertiary alicyclic amines) is 1. The number of fused-ring (bicyclic) bond motifs is 1. The van der Waals surface area contributed by atoms with Gasteiger partial charge in [-0.2, -0.15) is 0 Å². The number of carbonyl (C=O) groups excluding carboxylic acids is 2. The van der Waals surface area contributed by atoms with E-state index in [0.717, 1.165) is 25.7 Å². The van der Waals surface area contributed by atoms with Gasteiger partial charge in [-0.25, -0.2) is 4.39 Å². The second-order valence-electron chi connectivity index (χ2n) is 9.47. The van der Waals surface area contributed by atoms with E-state index in [9.17, 15) is 19.1 Å². The van der Waals surface area contributed by atoms with E-state index < -0.39 is 0 Å². The highest BCUT2D eigenvalue weighted by atomic mass is 19.1. The van der Waals surface area contributed by atoms with Gasteiger partial charge in [0.15, 0.2) is 0 Å². The van der Waals surface area contributed by atoms with Gasteiger partial charge in [-0.1, -0.05) is 0 Å². The van der Waals surface area contributed by atoms with Crippen LogP contribution in [0.3, 0.4) is 0 Å². The molecule has 1 aliphatic carbocycles. The first-order chi connectivity index (χ1) is 14.4. The zero-order chi connectivity index (χ0) is 20.9. The molecule has 4 atom stereocenters. The van der Waals surface area contributed by atoms with Gasteiger partial charge in [0.05, 0.1) is 24.4 Å². The fraction of sp³-hybridized carbons (Fsp3) is 0.652. The Morgan fingerprint density at radius 3 is 2.63 bits per heavy atom. The van der Waals surface area contributed by atoms with Crippen molar-refractivity contribution in [3.05, 3.63) is 35.6 Å². The van der Waals surface area contributed by atoms with Crippen molar-refractivity contribution in [1.29, 1.82) is 0 Å². The summed E-state index contributed by atoms with van der Waals surface area (Å²) in [6, 6.07) is 5.55. The van der Waals surface area contributed by atoms with Crippen molar-refractivity contribution in [1.82, 2.24) is 10.2 Å². The fourth-order valence-corrected chi connectivity index (χ4v) is 6.13. The molecule has 2 N–H and O–H groups in total. The zero-order valence-electron chi connectivity index (χ0n) is 17.1. The molecule has 1 aromatic rings. The van der Waals surface area contributed by atoms with Gasteiger partial charge < -0.3 is 20.1 Å². The van der Waals surface area contributed by atoms with Gasteiger partial charge in [-0.05, 0) is 62.8 Å². The Balaban J connectivity index is 1.22. The number of carbonyl (C=O) groups is 2. The second-order valence-corrected chi connectivity index (χ2v) is 9.47. The number of nitrogens with zero attached hydrogens (tertiary/aromatic N) is 1. The quantitative estimate of drug-likeness (QED) is 0.788. The molecule has 6 nitrogen and oxygen atoms in total. The van der Waals surface area contributed by atoms with Crippen LogP contribution >= 0.6 is 0 Å². The van der Waals surface area contributed by atoms with Crippen molar-refractivity contribution in [3.63, 3.8) is 0 Å². The number of hydrogen-bond donors (Lipinski definition) is 2. The predicted molar refractivity (Wildman–Crippen MR) is 107 cm³/mol. The van der Waals surface area contributed by atoms with Crippen molar-refractivity contribution < 1.29 is 23.8 Å². The first kappa shape index (κ1) is 19.9. The Morgan fingerprint density at radius 2 is 1.90 bits per heavy atom.